The maximum absolute atomic E-state index is 11.4. The number of carbonyl (C=O) groups excluding carboxylic acids is 2. The van der Waals surface area contributed by atoms with E-state index in [1.165, 1.54) is 14.2 Å². The predicted molar refractivity (Wildman–Crippen MR) is 62.5 cm³/mol. The third-order valence-corrected chi connectivity index (χ3v) is 2.27. The Morgan fingerprint density at radius 2 is 2.18 bits per heavy atom. The minimum atomic E-state index is -0.699. The molecule has 0 saturated carbocycles. The maximum atomic E-state index is 11.4. The first kappa shape index (κ1) is 13.0. The van der Waals surface area contributed by atoms with Gasteiger partial charge in [-0.3, -0.25) is 9.59 Å². The van der Waals surface area contributed by atoms with E-state index in [9.17, 15) is 9.59 Å². The normalized spacial score (nSPS) is 11.5. The minimum Gasteiger partial charge on any atom is -0.493 e. The number of benzene rings is 1. The van der Waals surface area contributed by atoms with Crippen LogP contribution in [0.15, 0.2) is 18.2 Å². The molecule has 1 rings (SSSR count). The standard InChI is InChI=1S/C12H15NO4/c1-8(12(15)13-2)17-11-9(7-14)5-4-6-10(11)16-3/h4-8H,1-3H3,(H,13,15). The Morgan fingerprint density at radius 1 is 1.47 bits per heavy atom. The molecule has 5 nitrogen and oxygen atoms in total. The Morgan fingerprint density at radius 3 is 2.71 bits per heavy atom. The maximum Gasteiger partial charge on any atom is 0.260 e. The van der Waals surface area contributed by atoms with Gasteiger partial charge < -0.3 is 14.8 Å². The zero-order chi connectivity index (χ0) is 12.8. The van der Waals surface area contributed by atoms with Gasteiger partial charge in [0.1, 0.15) is 0 Å². The lowest BCUT2D eigenvalue weighted by molar-refractivity contribution is -0.126. The molecule has 1 atom stereocenters. The van der Waals surface area contributed by atoms with Crippen molar-refractivity contribution in [1.29, 1.82) is 0 Å². The minimum absolute atomic E-state index is 0.271. The number of hydrogen-bond acceptors (Lipinski definition) is 4. The van der Waals surface area contributed by atoms with Crippen LogP contribution in [-0.4, -0.2) is 32.5 Å². The van der Waals surface area contributed by atoms with Crippen molar-refractivity contribution in [2.24, 2.45) is 0 Å². The summed E-state index contributed by atoms with van der Waals surface area (Å²) in [6, 6.07) is 4.94. The fraction of sp³-hybridized carbons (Fsp3) is 0.333. The first-order chi connectivity index (χ1) is 8.13. The van der Waals surface area contributed by atoms with Crippen molar-refractivity contribution < 1.29 is 19.1 Å². The average Bonchev–Trinajstić information content (AvgIpc) is 2.37. The van der Waals surface area contributed by atoms with Gasteiger partial charge in [-0.15, -0.1) is 0 Å². The van der Waals surface area contributed by atoms with E-state index in [-0.39, 0.29) is 11.7 Å². The van der Waals surface area contributed by atoms with E-state index in [2.05, 4.69) is 5.32 Å². The molecule has 0 bridgehead atoms. The Labute approximate surface area is 99.7 Å². The monoisotopic (exact) mass is 237 g/mol. The summed E-state index contributed by atoms with van der Waals surface area (Å²) in [6.45, 7) is 1.60. The van der Waals surface area contributed by atoms with E-state index < -0.39 is 6.10 Å². The highest BCUT2D eigenvalue weighted by atomic mass is 16.5. The summed E-state index contributed by atoms with van der Waals surface area (Å²) in [6.07, 6.45) is -0.0379. The molecular weight excluding hydrogens is 222 g/mol. The zero-order valence-electron chi connectivity index (χ0n) is 10.0. The summed E-state index contributed by atoms with van der Waals surface area (Å²) in [5.41, 5.74) is 0.347. The van der Waals surface area contributed by atoms with Crippen LogP contribution in [0, 0.1) is 0 Å². The molecule has 92 valence electrons. The van der Waals surface area contributed by atoms with Crippen LogP contribution in [-0.2, 0) is 4.79 Å². The van der Waals surface area contributed by atoms with Crippen LogP contribution in [0.1, 0.15) is 17.3 Å². The number of methoxy groups -OCH3 is 1. The van der Waals surface area contributed by atoms with E-state index in [1.54, 1.807) is 25.1 Å². The summed E-state index contributed by atoms with van der Waals surface area (Å²) in [4.78, 5) is 22.2. The molecule has 1 aromatic rings. The van der Waals surface area contributed by atoms with Gasteiger partial charge in [0, 0.05) is 7.05 Å². The van der Waals surface area contributed by atoms with E-state index in [4.69, 9.17) is 9.47 Å². The Hall–Kier alpha value is -2.04. The Balaban J connectivity index is 3.03. The highest BCUT2D eigenvalue weighted by Crippen LogP contribution is 2.30. The molecule has 1 aromatic carbocycles. The first-order valence-electron chi connectivity index (χ1n) is 5.14. The molecule has 0 heterocycles. The number of para-hydroxylation sites is 1. The van der Waals surface area contributed by atoms with Gasteiger partial charge in [-0.25, -0.2) is 0 Å². The van der Waals surface area contributed by atoms with E-state index in [1.807, 2.05) is 0 Å². The fourth-order valence-electron chi connectivity index (χ4n) is 1.35. The van der Waals surface area contributed by atoms with Crippen molar-refractivity contribution >= 4 is 12.2 Å². The lowest BCUT2D eigenvalue weighted by Gasteiger charge is -2.16. The number of hydrogen-bond donors (Lipinski definition) is 1. The molecule has 1 N–H and O–H groups in total. The van der Waals surface area contributed by atoms with Crippen LogP contribution in [0.25, 0.3) is 0 Å². The van der Waals surface area contributed by atoms with Crippen molar-refractivity contribution in [1.82, 2.24) is 5.32 Å². The molecule has 5 heteroatoms. The van der Waals surface area contributed by atoms with Crippen molar-refractivity contribution in [3.8, 4) is 11.5 Å². The molecule has 0 radical (unpaired) electrons. The molecule has 1 unspecified atom stereocenters. The van der Waals surface area contributed by atoms with Crippen molar-refractivity contribution in [2.45, 2.75) is 13.0 Å². The van der Waals surface area contributed by atoms with Gasteiger partial charge in [0.25, 0.3) is 5.91 Å². The van der Waals surface area contributed by atoms with Gasteiger partial charge in [-0.05, 0) is 19.1 Å². The van der Waals surface area contributed by atoms with Gasteiger partial charge in [0.05, 0.1) is 12.7 Å². The summed E-state index contributed by atoms with van der Waals surface area (Å²) < 4.78 is 10.5. The topological polar surface area (TPSA) is 64.6 Å². The lowest BCUT2D eigenvalue weighted by atomic mass is 10.2. The molecule has 0 aliphatic carbocycles. The molecule has 0 aliphatic rings. The van der Waals surface area contributed by atoms with Crippen LogP contribution in [0.3, 0.4) is 0 Å². The van der Waals surface area contributed by atoms with Crippen molar-refractivity contribution in [3.05, 3.63) is 23.8 Å². The number of aldehydes is 1. The largest absolute Gasteiger partial charge is 0.493 e. The average molecular weight is 237 g/mol. The fourth-order valence-corrected chi connectivity index (χ4v) is 1.35. The smallest absolute Gasteiger partial charge is 0.260 e. The second-order valence-electron chi connectivity index (χ2n) is 3.37. The lowest BCUT2D eigenvalue weighted by Crippen LogP contribution is -2.34. The second kappa shape index (κ2) is 5.89. The van der Waals surface area contributed by atoms with Crippen LogP contribution < -0.4 is 14.8 Å². The van der Waals surface area contributed by atoms with E-state index >= 15 is 0 Å². The van der Waals surface area contributed by atoms with Crippen molar-refractivity contribution in [2.75, 3.05) is 14.2 Å². The van der Waals surface area contributed by atoms with Gasteiger partial charge >= 0.3 is 0 Å². The Bertz CT molecular complexity index is 417. The van der Waals surface area contributed by atoms with Gasteiger partial charge in [-0.2, -0.15) is 0 Å². The van der Waals surface area contributed by atoms with Gasteiger partial charge in [0.15, 0.2) is 23.9 Å². The zero-order valence-corrected chi connectivity index (χ0v) is 10.0. The van der Waals surface area contributed by atoms with Gasteiger partial charge in [0.2, 0.25) is 0 Å². The van der Waals surface area contributed by atoms with Crippen LogP contribution in [0.2, 0.25) is 0 Å². The first-order valence-corrected chi connectivity index (χ1v) is 5.14. The highest BCUT2D eigenvalue weighted by Gasteiger charge is 2.17. The second-order valence-corrected chi connectivity index (χ2v) is 3.37. The summed E-state index contributed by atoms with van der Waals surface area (Å²) in [7, 11) is 2.99. The molecule has 0 fully saturated rings. The van der Waals surface area contributed by atoms with E-state index in [0.29, 0.717) is 17.6 Å². The molecule has 0 aliphatic heterocycles. The third kappa shape index (κ3) is 2.96. The summed E-state index contributed by atoms with van der Waals surface area (Å²) in [5.74, 6) is 0.430. The highest BCUT2D eigenvalue weighted by molar-refractivity contribution is 5.83. The number of ether oxygens (including phenoxy) is 2. The molecule has 0 saturated heterocycles. The number of likely N-dealkylation sites (N-methyl/N-ethyl adjacent to an activating group) is 1. The number of nitrogens with one attached hydrogen (secondary N) is 1. The Kier molecular flexibility index (Phi) is 4.51. The summed E-state index contributed by atoms with van der Waals surface area (Å²) >= 11 is 0. The van der Waals surface area contributed by atoms with Crippen LogP contribution in [0.5, 0.6) is 11.5 Å². The number of amides is 1. The third-order valence-electron chi connectivity index (χ3n) is 2.27. The SMILES string of the molecule is CNC(=O)C(C)Oc1c(C=O)cccc1OC. The quantitative estimate of drug-likeness (QED) is 0.776. The number of rotatable bonds is 5. The van der Waals surface area contributed by atoms with E-state index in [0.717, 1.165) is 0 Å². The van der Waals surface area contributed by atoms with Crippen molar-refractivity contribution in [3.63, 3.8) is 0 Å². The molecule has 0 aromatic heterocycles. The molecular formula is C12H15NO4. The number of carbonyl (C=O) groups is 2. The van der Waals surface area contributed by atoms with Gasteiger partial charge in [-0.1, -0.05) is 6.07 Å². The molecule has 0 spiro atoms. The predicted octanol–water partition coefficient (Wildman–Crippen LogP) is 1.02. The molecule has 1 amide bonds. The van der Waals surface area contributed by atoms with Crippen LogP contribution in [0.4, 0.5) is 0 Å². The van der Waals surface area contributed by atoms with Crippen LogP contribution >= 0.6 is 0 Å². The summed E-state index contributed by atoms with van der Waals surface area (Å²) in [5, 5.41) is 2.47. The molecule has 17 heavy (non-hydrogen) atoms.